The van der Waals surface area contributed by atoms with E-state index in [1.54, 1.807) is 39.1 Å². The Balaban J connectivity index is 1.85. The first-order valence-electron chi connectivity index (χ1n) is 9.15. The smallest absolute Gasteiger partial charge is 0.442 e. The van der Waals surface area contributed by atoms with E-state index in [1.807, 2.05) is 11.0 Å². The van der Waals surface area contributed by atoms with Gasteiger partial charge in [-0.3, -0.25) is 0 Å². The van der Waals surface area contributed by atoms with E-state index in [9.17, 15) is 13.8 Å². The third-order valence-corrected chi connectivity index (χ3v) is 6.52. The Morgan fingerprint density at radius 1 is 1.17 bits per heavy atom. The van der Waals surface area contributed by atoms with Crippen molar-refractivity contribution in [3.8, 4) is 0 Å². The second kappa shape index (κ2) is 7.94. The zero-order valence-electron chi connectivity index (χ0n) is 16.9. The number of benzene rings is 1. The summed E-state index contributed by atoms with van der Waals surface area (Å²) in [5.41, 5.74) is 0.946. The number of fused-ring (bicyclic) bond motifs is 1. The SMILES string of the molecule is COC(=O)c1ccc(N2CCS(=O)(=NC(=O)OC(C)(C)C)CC2)c2ccnnc12. The van der Waals surface area contributed by atoms with Crippen LogP contribution in [0.25, 0.3) is 10.9 Å². The molecular formula is C19H24N4O5S. The van der Waals surface area contributed by atoms with Crippen LogP contribution < -0.4 is 4.90 Å². The largest absolute Gasteiger partial charge is 0.465 e. The van der Waals surface area contributed by atoms with Crippen LogP contribution in [0.15, 0.2) is 28.8 Å². The summed E-state index contributed by atoms with van der Waals surface area (Å²) in [7, 11) is -1.36. The van der Waals surface area contributed by atoms with Crippen LogP contribution in [-0.2, 0) is 19.2 Å². The lowest BCUT2D eigenvalue weighted by molar-refractivity contribution is 0.0594. The van der Waals surface area contributed by atoms with Gasteiger partial charge in [0.15, 0.2) is 0 Å². The molecule has 0 radical (unpaired) electrons. The van der Waals surface area contributed by atoms with E-state index in [-0.39, 0.29) is 11.5 Å². The van der Waals surface area contributed by atoms with Crippen LogP contribution >= 0.6 is 0 Å². The Kier molecular flexibility index (Phi) is 5.74. The van der Waals surface area contributed by atoms with Gasteiger partial charge in [-0.15, -0.1) is 9.46 Å². The monoisotopic (exact) mass is 420 g/mol. The van der Waals surface area contributed by atoms with Crippen molar-refractivity contribution < 1.29 is 23.3 Å². The van der Waals surface area contributed by atoms with E-state index in [4.69, 9.17) is 9.47 Å². The van der Waals surface area contributed by atoms with E-state index in [0.717, 1.165) is 11.1 Å². The number of methoxy groups -OCH3 is 1. The van der Waals surface area contributed by atoms with Crippen LogP contribution in [0.2, 0.25) is 0 Å². The Hall–Kier alpha value is -2.75. The normalized spacial score (nSPS) is 16.3. The maximum Gasteiger partial charge on any atom is 0.442 e. The fraction of sp³-hybridized carbons (Fsp3) is 0.474. The van der Waals surface area contributed by atoms with Gasteiger partial charge in [-0.05, 0) is 39.0 Å². The highest BCUT2D eigenvalue weighted by molar-refractivity contribution is 7.94. The van der Waals surface area contributed by atoms with Crippen LogP contribution in [0.1, 0.15) is 31.1 Å². The number of esters is 1. The zero-order chi connectivity index (χ0) is 21.2. The third-order valence-electron chi connectivity index (χ3n) is 4.40. The second-order valence-electron chi connectivity index (χ2n) is 7.66. The molecule has 156 valence electrons. The van der Waals surface area contributed by atoms with E-state index < -0.39 is 27.4 Å². The number of hydrogen-bond acceptors (Lipinski definition) is 8. The third kappa shape index (κ3) is 4.81. The molecule has 1 saturated heterocycles. The first-order chi connectivity index (χ1) is 13.6. The highest BCUT2D eigenvalue weighted by Crippen LogP contribution is 2.29. The van der Waals surface area contributed by atoms with Crippen molar-refractivity contribution >= 4 is 38.4 Å². The molecule has 1 aliphatic heterocycles. The topological polar surface area (TPSA) is 111 Å². The minimum absolute atomic E-state index is 0.241. The Morgan fingerprint density at radius 2 is 1.86 bits per heavy atom. The van der Waals surface area contributed by atoms with Crippen molar-refractivity contribution in [3.63, 3.8) is 0 Å². The zero-order valence-corrected chi connectivity index (χ0v) is 17.7. The van der Waals surface area contributed by atoms with Gasteiger partial charge in [0.1, 0.15) is 11.1 Å². The van der Waals surface area contributed by atoms with Gasteiger partial charge in [0.2, 0.25) is 0 Å². The van der Waals surface area contributed by atoms with Crippen molar-refractivity contribution in [2.45, 2.75) is 26.4 Å². The molecule has 0 aliphatic carbocycles. The van der Waals surface area contributed by atoms with E-state index in [1.165, 1.54) is 7.11 Å². The molecule has 0 spiro atoms. The summed E-state index contributed by atoms with van der Waals surface area (Å²) in [5.74, 6) is -0.00408. The number of carbonyl (C=O) groups excluding carboxylic acids is 2. The molecular weight excluding hydrogens is 396 g/mol. The fourth-order valence-electron chi connectivity index (χ4n) is 3.09. The van der Waals surface area contributed by atoms with Crippen molar-refractivity contribution in [1.82, 2.24) is 10.2 Å². The summed E-state index contributed by atoms with van der Waals surface area (Å²) in [6.45, 7) is 6.10. The number of anilines is 1. The van der Waals surface area contributed by atoms with Crippen molar-refractivity contribution in [3.05, 3.63) is 30.0 Å². The minimum atomic E-state index is -2.67. The van der Waals surface area contributed by atoms with Gasteiger partial charge in [0.05, 0.1) is 28.6 Å². The van der Waals surface area contributed by atoms with Gasteiger partial charge in [-0.25, -0.2) is 13.8 Å². The standard InChI is InChI=1S/C19H24N4O5S/c1-19(2,3)28-18(25)22-29(26)11-9-23(10-12-29)15-6-5-14(17(24)27-4)16-13(15)7-8-20-21-16/h5-8H,9-12H2,1-4H3. The predicted molar refractivity (Wildman–Crippen MR) is 110 cm³/mol. The number of nitrogens with zero attached hydrogens (tertiary/aromatic N) is 4. The van der Waals surface area contributed by atoms with Gasteiger partial charge in [-0.2, -0.15) is 5.10 Å². The van der Waals surface area contributed by atoms with Crippen molar-refractivity contribution in [2.75, 3.05) is 36.6 Å². The van der Waals surface area contributed by atoms with E-state index in [0.29, 0.717) is 24.2 Å². The molecule has 1 fully saturated rings. The Bertz CT molecular complexity index is 1060. The summed E-state index contributed by atoms with van der Waals surface area (Å²) in [5, 5.41) is 8.72. The first-order valence-corrected chi connectivity index (χ1v) is 11.0. The molecule has 1 aromatic heterocycles. The van der Waals surface area contributed by atoms with Gasteiger partial charge in [-0.1, -0.05) is 0 Å². The summed E-state index contributed by atoms with van der Waals surface area (Å²) in [6, 6.07) is 5.24. The Labute approximate surface area is 169 Å². The number of carbonyl (C=O) groups is 2. The molecule has 1 aromatic carbocycles. The number of ether oxygens (including phenoxy) is 2. The molecule has 0 saturated carbocycles. The maximum atomic E-state index is 12.9. The van der Waals surface area contributed by atoms with E-state index >= 15 is 0 Å². The Morgan fingerprint density at radius 3 is 2.48 bits per heavy atom. The highest BCUT2D eigenvalue weighted by Gasteiger charge is 2.26. The molecule has 0 unspecified atom stereocenters. The van der Waals surface area contributed by atoms with Crippen LogP contribution in [0.5, 0.6) is 0 Å². The number of rotatable bonds is 2. The minimum Gasteiger partial charge on any atom is -0.465 e. The van der Waals surface area contributed by atoms with Crippen LogP contribution in [-0.4, -0.2) is 63.8 Å². The summed E-state index contributed by atoms with van der Waals surface area (Å²) >= 11 is 0. The molecule has 0 bridgehead atoms. The summed E-state index contributed by atoms with van der Waals surface area (Å²) in [4.78, 5) is 26.0. The van der Waals surface area contributed by atoms with Crippen LogP contribution in [0.4, 0.5) is 10.5 Å². The lowest BCUT2D eigenvalue weighted by Crippen LogP contribution is -2.40. The lowest BCUT2D eigenvalue weighted by atomic mass is 10.1. The number of hydrogen-bond donors (Lipinski definition) is 0. The quantitative estimate of drug-likeness (QED) is 0.682. The maximum absolute atomic E-state index is 12.9. The lowest BCUT2D eigenvalue weighted by Gasteiger charge is -2.31. The second-order valence-corrected chi connectivity index (χ2v) is 10.2. The van der Waals surface area contributed by atoms with Gasteiger partial charge >= 0.3 is 12.1 Å². The van der Waals surface area contributed by atoms with Gasteiger partial charge in [0, 0.05) is 35.7 Å². The molecule has 29 heavy (non-hydrogen) atoms. The molecule has 10 heteroatoms. The average Bonchev–Trinajstić information content (AvgIpc) is 2.65. The summed E-state index contributed by atoms with van der Waals surface area (Å²) < 4.78 is 26.8. The first kappa shape index (κ1) is 21.0. The number of amides is 1. The van der Waals surface area contributed by atoms with Crippen molar-refractivity contribution in [1.29, 1.82) is 0 Å². The molecule has 0 N–H and O–H groups in total. The van der Waals surface area contributed by atoms with Crippen molar-refractivity contribution in [2.24, 2.45) is 4.36 Å². The molecule has 3 rings (SSSR count). The number of aromatic nitrogens is 2. The van der Waals surface area contributed by atoms with Gasteiger partial charge in [0.25, 0.3) is 0 Å². The molecule has 2 aromatic rings. The molecule has 0 atom stereocenters. The molecule has 1 aliphatic rings. The molecule has 2 heterocycles. The molecule has 9 nitrogen and oxygen atoms in total. The molecule has 1 amide bonds. The summed E-state index contributed by atoms with van der Waals surface area (Å²) in [6.07, 6.45) is 0.761. The van der Waals surface area contributed by atoms with Crippen LogP contribution in [0.3, 0.4) is 0 Å². The highest BCUT2D eigenvalue weighted by atomic mass is 32.2. The van der Waals surface area contributed by atoms with Gasteiger partial charge < -0.3 is 14.4 Å². The van der Waals surface area contributed by atoms with Crippen LogP contribution in [0, 0.1) is 0 Å². The van der Waals surface area contributed by atoms with E-state index in [2.05, 4.69) is 14.6 Å². The fourth-order valence-corrected chi connectivity index (χ4v) is 4.79. The predicted octanol–water partition coefficient (Wildman–Crippen LogP) is 2.64. The average molecular weight is 420 g/mol.